The molecule has 88 valence electrons. The highest BCUT2D eigenvalue weighted by atomic mass is 16.2. The summed E-state index contributed by atoms with van der Waals surface area (Å²) in [6.07, 6.45) is 3.50. The minimum absolute atomic E-state index is 0. The molecule has 0 aliphatic carbocycles. The molecular formula is C13H20N2O. The highest BCUT2D eigenvalue weighted by molar-refractivity contribution is 5.89. The van der Waals surface area contributed by atoms with Crippen molar-refractivity contribution in [3.8, 4) is 0 Å². The predicted octanol–water partition coefficient (Wildman–Crippen LogP) is 3.26. The van der Waals surface area contributed by atoms with Crippen LogP contribution in [0, 0.1) is 6.92 Å². The molecule has 1 aromatic rings. The van der Waals surface area contributed by atoms with E-state index >= 15 is 0 Å². The molecule has 16 heavy (non-hydrogen) atoms. The van der Waals surface area contributed by atoms with Crippen LogP contribution < -0.4 is 5.32 Å². The van der Waals surface area contributed by atoms with E-state index in [2.05, 4.69) is 5.32 Å². The average molecular weight is 220 g/mol. The first-order valence-corrected chi connectivity index (χ1v) is 5.88. The summed E-state index contributed by atoms with van der Waals surface area (Å²) in [4.78, 5) is 13.8. The molecule has 1 aliphatic rings. The van der Waals surface area contributed by atoms with Crippen LogP contribution in [0.5, 0.6) is 0 Å². The minimum Gasteiger partial charge on any atom is -0.325 e. The Hall–Kier alpha value is -1.51. The summed E-state index contributed by atoms with van der Waals surface area (Å²) in [7, 11) is 0. The zero-order valence-electron chi connectivity index (χ0n) is 9.70. The Morgan fingerprint density at radius 2 is 1.81 bits per heavy atom. The molecule has 1 N–H and O–H groups in total. The normalized spacial score (nSPS) is 15.9. The van der Waals surface area contributed by atoms with E-state index < -0.39 is 0 Å². The predicted molar refractivity (Wildman–Crippen MR) is 67.7 cm³/mol. The molecule has 0 radical (unpaired) electrons. The maximum atomic E-state index is 11.9. The second kappa shape index (κ2) is 5.01. The number of piperidine rings is 1. The summed E-state index contributed by atoms with van der Waals surface area (Å²) in [6.45, 7) is 3.81. The van der Waals surface area contributed by atoms with Crippen molar-refractivity contribution in [3.05, 3.63) is 29.8 Å². The van der Waals surface area contributed by atoms with Crippen LogP contribution in [0.2, 0.25) is 0 Å². The molecule has 0 aromatic heterocycles. The van der Waals surface area contributed by atoms with Gasteiger partial charge >= 0.3 is 6.03 Å². The minimum atomic E-state index is 0. The summed E-state index contributed by atoms with van der Waals surface area (Å²) in [6, 6.07) is 7.93. The fraction of sp³-hybridized carbons (Fsp3) is 0.462. The molecule has 1 aliphatic heterocycles. The van der Waals surface area contributed by atoms with Gasteiger partial charge in [0, 0.05) is 20.2 Å². The summed E-state index contributed by atoms with van der Waals surface area (Å²) >= 11 is 0. The Morgan fingerprint density at radius 3 is 2.44 bits per heavy atom. The van der Waals surface area contributed by atoms with E-state index in [1.807, 2.05) is 36.1 Å². The Bertz CT molecular complexity index is 358. The van der Waals surface area contributed by atoms with Crippen LogP contribution in [0.3, 0.4) is 0 Å². The number of hydrogen-bond donors (Lipinski definition) is 1. The van der Waals surface area contributed by atoms with E-state index in [4.69, 9.17) is 0 Å². The molecular weight excluding hydrogens is 200 g/mol. The largest absolute Gasteiger partial charge is 0.325 e. The lowest BCUT2D eigenvalue weighted by Gasteiger charge is -2.26. The van der Waals surface area contributed by atoms with Crippen molar-refractivity contribution >= 4 is 11.7 Å². The number of nitrogens with zero attached hydrogens (tertiary/aromatic N) is 1. The van der Waals surface area contributed by atoms with Crippen molar-refractivity contribution in [1.82, 2.24) is 4.90 Å². The van der Waals surface area contributed by atoms with E-state index in [0.717, 1.165) is 31.6 Å². The molecule has 0 atom stereocenters. The monoisotopic (exact) mass is 220 g/mol. The molecule has 2 amide bonds. The fourth-order valence-electron chi connectivity index (χ4n) is 1.94. The van der Waals surface area contributed by atoms with Gasteiger partial charge in [-0.2, -0.15) is 0 Å². The zero-order valence-corrected chi connectivity index (χ0v) is 9.70. The summed E-state index contributed by atoms with van der Waals surface area (Å²) in [5, 5.41) is 2.93. The third-order valence-corrected chi connectivity index (χ3v) is 2.95. The lowest BCUT2D eigenvalue weighted by molar-refractivity contribution is 0.200. The number of carbonyl (C=O) groups excluding carboxylic acids is 1. The van der Waals surface area contributed by atoms with Crippen molar-refractivity contribution in [3.63, 3.8) is 0 Å². The van der Waals surface area contributed by atoms with E-state index in [1.54, 1.807) is 0 Å². The molecule has 1 aromatic carbocycles. The topological polar surface area (TPSA) is 32.3 Å². The molecule has 1 saturated heterocycles. The number of amides is 2. The summed E-state index contributed by atoms with van der Waals surface area (Å²) < 4.78 is 0. The third-order valence-electron chi connectivity index (χ3n) is 2.95. The van der Waals surface area contributed by atoms with Crippen molar-refractivity contribution in [2.45, 2.75) is 26.2 Å². The van der Waals surface area contributed by atoms with Crippen molar-refractivity contribution < 1.29 is 6.22 Å². The number of rotatable bonds is 1. The highest BCUT2D eigenvalue weighted by Gasteiger charge is 2.15. The zero-order chi connectivity index (χ0) is 11.4. The number of hydrogen-bond acceptors (Lipinski definition) is 1. The van der Waals surface area contributed by atoms with Crippen molar-refractivity contribution in [2.24, 2.45) is 0 Å². The quantitative estimate of drug-likeness (QED) is 0.774. The van der Waals surface area contributed by atoms with Gasteiger partial charge in [-0.3, -0.25) is 0 Å². The fourth-order valence-corrected chi connectivity index (χ4v) is 1.94. The SMILES string of the molecule is Cc1ccc(NC(=O)N2CCCCC2)cc1.[HH]. The first-order valence-electron chi connectivity index (χ1n) is 5.88. The Morgan fingerprint density at radius 1 is 1.19 bits per heavy atom. The van der Waals surface area contributed by atoms with Gasteiger partial charge in [0.25, 0.3) is 0 Å². The number of carbonyl (C=O) groups is 1. The van der Waals surface area contributed by atoms with Crippen molar-refractivity contribution in [2.75, 3.05) is 18.4 Å². The Balaban J connectivity index is 0.00000144. The summed E-state index contributed by atoms with van der Waals surface area (Å²) in [5.74, 6) is 0. The van der Waals surface area contributed by atoms with Gasteiger partial charge in [-0.15, -0.1) is 0 Å². The number of anilines is 1. The molecule has 0 spiro atoms. The van der Waals surface area contributed by atoms with Crippen LogP contribution in [-0.4, -0.2) is 24.0 Å². The maximum Gasteiger partial charge on any atom is 0.321 e. The van der Waals surface area contributed by atoms with Gasteiger partial charge in [0.1, 0.15) is 0 Å². The van der Waals surface area contributed by atoms with E-state index in [0.29, 0.717) is 0 Å². The van der Waals surface area contributed by atoms with Gasteiger partial charge < -0.3 is 10.2 Å². The number of nitrogens with one attached hydrogen (secondary N) is 1. The van der Waals surface area contributed by atoms with Gasteiger partial charge in [-0.1, -0.05) is 17.7 Å². The van der Waals surface area contributed by atoms with Gasteiger partial charge in [0.05, 0.1) is 0 Å². The number of urea groups is 1. The molecule has 1 heterocycles. The van der Waals surface area contributed by atoms with E-state index in [1.165, 1.54) is 12.0 Å². The van der Waals surface area contributed by atoms with Crippen LogP contribution in [0.15, 0.2) is 24.3 Å². The van der Waals surface area contributed by atoms with Crippen molar-refractivity contribution in [1.29, 1.82) is 0 Å². The first kappa shape index (κ1) is 11.0. The third kappa shape index (κ3) is 2.75. The molecule has 0 bridgehead atoms. The van der Waals surface area contributed by atoms with Gasteiger partial charge in [0.2, 0.25) is 0 Å². The average Bonchev–Trinajstić information content (AvgIpc) is 2.33. The molecule has 0 saturated carbocycles. The van der Waals surface area contributed by atoms with Crippen LogP contribution in [-0.2, 0) is 0 Å². The first-order chi connectivity index (χ1) is 7.75. The Kier molecular flexibility index (Phi) is 3.44. The van der Waals surface area contributed by atoms with E-state index in [-0.39, 0.29) is 7.46 Å². The molecule has 1 fully saturated rings. The second-order valence-corrected chi connectivity index (χ2v) is 4.34. The molecule has 3 heteroatoms. The standard InChI is InChI=1S/C13H18N2O.H2/c1-11-5-7-12(8-6-11)14-13(16)15-9-3-2-4-10-15;/h5-8H,2-4,9-10H2,1H3,(H,14,16);1H. The van der Waals surface area contributed by atoms with Crippen LogP contribution in [0.4, 0.5) is 10.5 Å². The lowest BCUT2D eigenvalue weighted by Crippen LogP contribution is -2.38. The number of likely N-dealkylation sites (tertiary alicyclic amines) is 1. The van der Waals surface area contributed by atoms with Gasteiger partial charge in [0.15, 0.2) is 0 Å². The second-order valence-electron chi connectivity index (χ2n) is 4.34. The molecule has 0 unspecified atom stereocenters. The van der Waals surface area contributed by atoms with Gasteiger partial charge in [-0.25, -0.2) is 4.79 Å². The molecule has 3 nitrogen and oxygen atoms in total. The smallest absolute Gasteiger partial charge is 0.321 e. The van der Waals surface area contributed by atoms with Crippen LogP contribution in [0.25, 0.3) is 0 Å². The highest BCUT2D eigenvalue weighted by Crippen LogP contribution is 2.13. The van der Waals surface area contributed by atoms with Crippen LogP contribution in [0.1, 0.15) is 26.3 Å². The van der Waals surface area contributed by atoms with Gasteiger partial charge in [-0.05, 0) is 38.3 Å². The summed E-state index contributed by atoms with van der Waals surface area (Å²) in [5.41, 5.74) is 2.08. The number of aryl methyl sites for hydroxylation is 1. The maximum absolute atomic E-state index is 11.9. The Labute approximate surface area is 97.9 Å². The molecule has 2 rings (SSSR count). The van der Waals surface area contributed by atoms with E-state index in [9.17, 15) is 4.79 Å². The number of benzene rings is 1. The lowest BCUT2D eigenvalue weighted by atomic mass is 10.1. The van der Waals surface area contributed by atoms with Crippen LogP contribution >= 0.6 is 0 Å².